The van der Waals surface area contributed by atoms with Gasteiger partial charge in [0, 0.05) is 18.9 Å². The van der Waals surface area contributed by atoms with Gasteiger partial charge in [-0.25, -0.2) is 13.9 Å². The number of alkyl halides is 2. The average Bonchev–Trinajstić information content (AvgIpc) is 2.91. The van der Waals surface area contributed by atoms with Crippen LogP contribution in [-0.4, -0.2) is 38.0 Å². The number of benzene rings is 3. The molecule has 10 heteroatoms. The minimum atomic E-state index is -4.09. The number of halogens is 2. The molecule has 2 N–H and O–H groups in total. The Hall–Kier alpha value is -3.50. The quantitative estimate of drug-likeness (QED) is 0.151. The van der Waals surface area contributed by atoms with E-state index < -0.39 is 34.0 Å². The predicted octanol–water partition coefficient (Wildman–Crippen LogP) is 5.36. The fourth-order valence-corrected chi connectivity index (χ4v) is 5.81. The van der Waals surface area contributed by atoms with Crippen molar-refractivity contribution < 1.29 is 36.7 Å². The fraction of sp³-hybridized carbons (Fsp3) is 0.321. The first-order valence-corrected chi connectivity index (χ1v) is 13.8. The van der Waals surface area contributed by atoms with Gasteiger partial charge in [-0.05, 0) is 42.5 Å². The molecule has 0 aliphatic rings. The number of carbonyl (C=O) groups excluding carboxylic acids is 1. The van der Waals surface area contributed by atoms with Crippen LogP contribution < -0.4 is 15.0 Å². The van der Waals surface area contributed by atoms with Gasteiger partial charge in [0.15, 0.2) is 21.3 Å². The molecule has 0 saturated heterocycles. The lowest BCUT2D eigenvalue weighted by Crippen LogP contribution is -2.30. The number of ether oxygens (including phenoxy) is 2. The second-order valence-corrected chi connectivity index (χ2v) is 10.9. The molecule has 0 spiro atoms. The zero-order valence-electron chi connectivity index (χ0n) is 20.8. The van der Waals surface area contributed by atoms with Gasteiger partial charge in [-0.3, -0.25) is 10.0 Å². The molecule has 0 heterocycles. The Morgan fingerprint density at radius 3 is 2.11 bits per heavy atom. The van der Waals surface area contributed by atoms with Crippen molar-refractivity contribution in [2.24, 2.45) is 0 Å². The Morgan fingerprint density at radius 1 is 0.868 bits per heavy atom. The number of hydrogen-bond acceptors (Lipinski definition) is 6. The molecule has 3 aromatic rings. The largest absolute Gasteiger partial charge is 0.489 e. The Balaban J connectivity index is 1.77. The van der Waals surface area contributed by atoms with E-state index in [0.29, 0.717) is 19.3 Å². The van der Waals surface area contributed by atoms with Gasteiger partial charge in [0.25, 0.3) is 0 Å². The zero-order chi connectivity index (χ0) is 27.4. The normalized spacial score (nSPS) is 12.2. The molecule has 0 aromatic heterocycles. The van der Waals surface area contributed by atoms with Crippen LogP contribution in [0.2, 0.25) is 0 Å². The van der Waals surface area contributed by atoms with Crippen LogP contribution in [0.25, 0.3) is 0 Å². The third kappa shape index (κ3) is 8.81. The third-order valence-corrected chi connectivity index (χ3v) is 8.20. The highest BCUT2D eigenvalue weighted by Gasteiger charge is 2.30. The monoisotopic (exact) mass is 547 g/mol. The van der Waals surface area contributed by atoms with Crippen LogP contribution in [0.4, 0.5) is 8.78 Å². The molecule has 1 amide bonds. The van der Waals surface area contributed by atoms with Crippen LogP contribution in [0, 0.1) is 0 Å². The summed E-state index contributed by atoms with van der Waals surface area (Å²) < 4.78 is 63.2. The van der Waals surface area contributed by atoms with E-state index in [4.69, 9.17) is 9.94 Å². The Morgan fingerprint density at radius 2 is 1.50 bits per heavy atom. The summed E-state index contributed by atoms with van der Waals surface area (Å²) in [4.78, 5) is 11.7. The summed E-state index contributed by atoms with van der Waals surface area (Å²) in [5, 5.41) is 7.86. The Kier molecular flexibility index (Phi) is 11.0. The van der Waals surface area contributed by atoms with E-state index in [0.717, 1.165) is 35.7 Å². The van der Waals surface area contributed by atoms with Crippen molar-refractivity contribution >= 4 is 15.7 Å². The molecule has 0 bridgehead atoms. The second kappa shape index (κ2) is 14.4. The summed E-state index contributed by atoms with van der Waals surface area (Å²) >= 11 is 0. The van der Waals surface area contributed by atoms with Crippen LogP contribution in [0.1, 0.15) is 36.8 Å². The molecule has 1 unspecified atom stereocenters. The summed E-state index contributed by atoms with van der Waals surface area (Å²) in [5.41, 5.74) is 3.56. The molecule has 3 aromatic carbocycles. The number of unbranched alkanes of at least 4 members (excludes halogenated alkanes) is 1. The van der Waals surface area contributed by atoms with Crippen molar-refractivity contribution in [1.82, 2.24) is 5.48 Å². The lowest BCUT2D eigenvalue weighted by molar-refractivity contribution is -0.129. The molecule has 0 saturated carbocycles. The maximum absolute atomic E-state index is 13.5. The number of nitrogens with one attached hydrogen (secondary N) is 1. The minimum absolute atomic E-state index is 0.100. The highest BCUT2D eigenvalue weighted by Crippen LogP contribution is 2.34. The first kappa shape index (κ1) is 29.1. The molecule has 204 valence electrons. The molecule has 0 fully saturated rings. The predicted molar refractivity (Wildman–Crippen MR) is 138 cm³/mol. The number of amides is 1. The highest BCUT2D eigenvalue weighted by atomic mass is 32.2. The minimum Gasteiger partial charge on any atom is -0.489 e. The number of hydrogen-bond donors (Lipinski definition) is 2. The first-order chi connectivity index (χ1) is 18.3. The van der Waals surface area contributed by atoms with Gasteiger partial charge in [0.05, 0.1) is 16.8 Å². The van der Waals surface area contributed by atoms with Gasteiger partial charge >= 0.3 is 6.61 Å². The average molecular weight is 548 g/mol. The standard InChI is InChI=1S/C28H31F2NO6S/c29-28(30)37-25-16-15-24(19-26(25)36-18-17-22-11-5-2-6-12-22)38(34,35)23(20-27(32)31-33)14-8-7-13-21-9-3-1-4-10-21/h1-6,9-12,15-16,19,23,28,33H,7-8,13-14,17-18,20H2,(H,31,32). The van der Waals surface area contributed by atoms with Crippen molar-refractivity contribution in [3.63, 3.8) is 0 Å². The van der Waals surface area contributed by atoms with Gasteiger partial charge in [0.1, 0.15) is 0 Å². The van der Waals surface area contributed by atoms with Gasteiger partial charge < -0.3 is 9.47 Å². The van der Waals surface area contributed by atoms with Crippen molar-refractivity contribution in [2.75, 3.05) is 6.61 Å². The molecule has 38 heavy (non-hydrogen) atoms. The number of aryl methyl sites for hydroxylation is 1. The molecular formula is C28H31F2NO6S. The van der Waals surface area contributed by atoms with Gasteiger partial charge in [-0.15, -0.1) is 0 Å². The van der Waals surface area contributed by atoms with Crippen LogP contribution in [-0.2, 0) is 27.5 Å². The van der Waals surface area contributed by atoms with E-state index in [1.54, 1.807) is 0 Å². The van der Waals surface area contributed by atoms with Crippen LogP contribution >= 0.6 is 0 Å². The third-order valence-electron chi connectivity index (χ3n) is 6.01. The number of hydroxylamine groups is 1. The summed E-state index contributed by atoms with van der Waals surface area (Å²) in [7, 11) is -4.09. The van der Waals surface area contributed by atoms with Gasteiger partial charge in [-0.2, -0.15) is 8.78 Å². The van der Waals surface area contributed by atoms with Crippen LogP contribution in [0.5, 0.6) is 11.5 Å². The molecule has 1 atom stereocenters. The number of carbonyl (C=O) groups is 1. The van der Waals surface area contributed by atoms with E-state index in [2.05, 4.69) is 4.74 Å². The van der Waals surface area contributed by atoms with Crippen molar-refractivity contribution in [3.8, 4) is 11.5 Å². The van der Waals surface area contributed by atoms with Crippen LogP contribution in [0.15, 0.2) is 83.8 Å². The molecular weight excluding hydrogens is 516 g/mol. The van der Waals surface area contributed by atoms with E-state index in [9.17, 15) is 22.0 Å². The summed E-state index contributed by atoms with van der Waals surface area (Å²) in [6, 6.07) is 22.5. The lowest BCUT2D eigenvalue weighted by atomic mass is 10.1. The first-order valence-electron chi connectivity index (χ1n) is 12.3. The van der Waals surface area contributed by atoms with E-state index in [1.807, 2.05) is 60.7 Å². The fourth-order valence-electron chi connectivity index (χ4n) is 4.05. The molecule has 0 aliphatic carbocycles. The lowest BCUT2D eigenvalue weighted by Gasteiger charge is -2.19. The number of rotatable bonds is 15. The molecule has 7 nitrogen and oxygen atoms in total. The smallest absolute Gasteiger partial charge is 0.387 e. The van der Waals surface area contributed by atoms with Crippen molar-refractivity contribution in [3.05, 3.63) is 90.0 Å². The highest BCUT2D eigenvalue weighted by molar-refractivity contribution is 7.92. The maximum Gasteiger partial charge on any atom is 0.387 e. The SMILES string of the molecule is O=C(CC(CCCCc1ccccc1)S(=O)(=O)c1ccc(OC(F)F)c(OCCc2ccccc2)c1)NO. The summed E-state index contributed by atoms with van der Waals surface area (Å²) in [5.74, 6) is -1.27. The van der Waals surface area contributed by atoms with Crippen molar-refractivity contribution in [2.45, 2.75) is 55.3 Å². The van der Waals surface area contributed by atoms with Crippen molar-refractivity contribution in [1.29, 1.82) is 0 Å². The maximum atomic E-state index is 13.5. The second-order valence-electron chi connectivity index (χ2n) is 8.71. The van der Waals surface area contributed by atoms with Gasteiger partial charge in [-0.1, -0.05) is 67.1 Å². The molecule has 0 aliphatic heterocycles. The van der Waals surface area contributed by atoms with E-state index >= 15 is 0 Å². The van der Waals surface area contributed by atoms with E-state index in [-0.39, 0.29) is 29.4 Å². The van der Waals surface area contributed by atoms with E-state index in [1.165, 1.54) is 5.48 Å². The van der Waals surface area contributed by atoms with Crippen LogP contribution in [0.3, 0.4) is 0 Å². The van der Waals surface area contributed by atoms with Gasteiger partial charge in [0.2, 0.25) is 5.91 Å². The Labute approximate surface area is 221 Å². The zero-order valence-corrected chi connectivity index (χ0v) is 21.6. The summed E-state index contributed by atoms with van der Waals surface area (Å²) in [6.45, 7) is -3.03. The molecule has 0 radical (unpaired) electrons. The summed E-state index contributed by atoms with van der Waals surface area (Å²) in [6.07, 6.45) is 2.15. The number of sulfone groups is 1. The topological polar surface area (TPSA) is 102 Å². The molecule has 3 rings (SSSR count). The Bertz CT molecular complexity index is 1260.